The van der Waals surface area contributed by atoms with Gasteiger partial charge in [-0.05, 0) is 35.7 Å². The van der Waals surface area contributed by atoms with E-state index in [0.29, 0.717) is 5.56 Å². The Morgan fingerprint density at radius 3 is 2.05 bits per heavy atom. The van der Waals surface area contributed by atoms with E-state index in [4.69, 9.17) is 14.2 Å². The second-order valence-corrected chi connectivity index (χ2v) is 10.4. The number of ether oxygens (including phenoxy) is 3. The zero-order valence-electron chi connectivity index (χ0n) is 21.3. The van der Waals surface area contributed by atoms with Crippen molar-refractivity contribution in [1.82, 2.24) is 0 Å². The van der Waals surface area contributed by atoms with E-state index in [0.717, 1.165) is 0 Å². The number of ketones is 1. The van der Waals surface area contributed by atoms with Gasteiger partial charge in [0.25, 0.3) is 0 Å². The molecule has 2 heterocycles. The first-order chi connectivity index (χ1) is 19.0. The van der Waals surface area contributed by atoms with E-state index in [1.54, 1.807) is 19.1 Å². The molecule has 0 spiro atoms. The molecule has 2 aliphatic heterocycles. The summed E-state index contributed by atoms with van der Waals surface area (Å²) in [6.07, 6.45) is -15.6. The van der Waals surface area contributed by atoms with Crippen molar-refractivity contribution in [2.45, 2.75) is 74.1 Å². The fourth-order valence-corrected chi connectivity index (χ4v) is 5.77. The minimum atomic E-state index is -1.77. The number of hydrogen-bond donors (Lipinski definition) is 9. The molecule has 0 amide bonds. The van der Waals surface area contributed by atoms with Crippen LogP contribution in [0, 0.1) is 6.92 Å². The van der Waals surface area contributed by atoms with Gasteiger partial charge in [-0.25, -0.2) is 0 Å². The number of rotatable bonds is 5. The molecular formula is C27H32O13. The summed E-state index contributed by atoms with van der Waals surface area (Å²) in [5.41, 5.74) is 0.820. The van der Waals surface area contributed by atoms with E-state index in [9.17, 15) is 50.8 Å². The molecule has 5 rings (SSSR count). The standard InChI is InChI=1S/C27H32O13/c1-9-5-11-16(26-24(36)22(34)19(31)14(7-28)38-26)10-3-2-4-12(30)17(10)21(33)18(11)13(6-9)39-27-25(37)23(35)20(32)15(8-29)40-27/h2-6,14-16,19-20,22-32,34-37H,7-8H2,1H3/t14-,15-,16-,19-,20-,22+,23+,24-,25-,26-,27-/m1/s1. The Balaban J connectivity index is 1.65. The van der Waals surface area contributed by atoms with Crippen LogP contribution in [0.4, 0.5) is 0 Å². The van der Waals surface area contributed by atoms with Crippen molar-refractivity contribution in [3.63, 3.8) is 0 Å². The van der Waals surface area contributed by atoms with E-state index in [1.165, 1.54) is 18.2 Å². The number of carbonyl (C=O) groups is 1. The first-order valence-electron chi connectivity index (χ1n) is 12.8. The second-order valence-electron chi connectivity index (χ2n) is 10.4. The van der Waals surface area contributed by atoms with Crippen LogP contribution in [0.1, 0.15) is 38.5 Å². The molecule has 40 heavy (non-hydrogen) atoms. The lowest BCUT2D eigenvalue weighted by molar-refractivity contribution is -0.277. The van der Waals surface area contributed by atoms with Crippen LogP contribution in [-0.4, -0.2) is 126 Å². The fourth-order valence-electron chi connectivity index (χ4n) is 5.77. The van der Waals surface area contributed by atoms with Crippen molar-refractivity contribution in [2.75, 3.05) is 13.2 Å². The van der Waals surface area contributed by atoms with Gasteiger partial charge >= 0.3 is 0 Å². The van der Waals surface area contributed by atoms with E-state index >= 15 is 0 Å². The van der Waals surface area contributed by atoms with Crippen LogP contribution in [0.2, 0.25) is 0 Å². The molecular weight excluding hydrogens is 532 g/mol. The molecule has 0 radical (unpaired) electrons. The summed E-state index contributed by atoms with van der Waals surface area (Å²) >= 11 is 0. The van der Waals surface area contributed by atoms with Crippen molar-refractivity contribution < 1.29 is 65.0 Å². The summed E-state index contributed by atoms with van der Waals surface area (Å²) in [6, 6.07) is 7.39. The Kier molecular flexibility index (Phi) is 7.89. The smallest absolute Gasteiger partial charge is 0.229 e. The minimum absolute atomic E-state index is 0.0986. The summed E-state index contributed by atoms with van der Waals surface area (Å²) in [6.45, 7) is 0.301. The molecule has 1 aliphatic carbocycles. The Morgan fingerprint density at radius 2 is 1.40 bits per heavy atom. The van der Waals surface area contributed by atoms with Gasteiger partial charge in [0, 0.05) is 5.92 Å². The predicted molar refractivity (Wildman–Crippen MR) is 133 cm³/mol. The normalized spacial score (nSPS) is 37.5. The van der Waals surface area contributed by atoms with Gasteiger partial charge in [0.05, 0.1) is 30.4 Å². The second kappa shape index (κ2) is 10.9. The molecule has 9 N–H and O–H groups in total. The van der Waals surface area contributed by atoms with Gasteiger partial charge in [-0.1, -0.05) is 18.2 Å². The molecule has 3 aliphatic rings. The lowest BCUT2D eigenvalue weighted by atomic mass is 9.71. The summed E-state index contributed by atoms with van der Waals surface area (Å²) in [4.78, 5) is 13.9. The SMILES string of the molecule is Cc1cc(O[C@@H]2O[C@H](CO)[C@@H](O)[C@H](O)[C@H]2O)c2c(c1)[C@H]([C@H]1O[C@H](CO)[C@@H](O)[C@H](O)[C@H]1O)c1cccc(O)c1C2=O. The number of aliphatic hydroxyl groups excluding tert-OH is 8. The molecule has 2 aromatic rings. The van der Waals surface area contributed by atoms with Crippen LogP contribution >= 0.6 is 0 Å². The van der Waals surface area contributed by atoms with Crippen LogP contribution in [0.25, 0.3) is 0 Å². The average molecular weight is 565 g/mol. The first kappa shape index (κ1) is 28.8. The van der Waals surface area contributed by atoms with Gasteiger partial charge in [-0.3, -0.25) is 4.79 Å². The first-order valence-corrected chi connectivity index (χ1v) is 12.8. The Bertz CT molecular complexity index is 1260. The number of aromatic hydroxyl groups is 1. The zero-order chi connectivity index (χ0) is 29.0. The average Bonchev–Trinajstić information content (AvgIpc) is 2.92. The number of aliphatic hydroxyl groups is 8. The number of fused-ring (bicyclic) bond motifs is 2. The zero-order valence-corrected chi connectivity index (χ0v) is 21.3. The van der Waals surface area contributed by atoms with E-state index in [1.807, 2.05) is 0 Å². The highest BCUT2D eigenvalue weighted by atomic mass is 16.7. The molecule has 11 atom stereocenters. The van der Waals surface area contributed by atoms with Gasteiger partial charge in [0.15, 0.2) is 0 Å². The maximum atomic E-state index is 13.9. The van der Waals surface area contributed by atoms with Gasteiger partial charge in [-0.2, -0.15) is 0 Å². The van der Waals surface area contributed by atoms with Crippen molar-refractivity contribution >= 4 is 5.78 Å². The third-order valence-electron chi connectivity index (χ3n) is 7.83. The van der Waals surface area contributed by atoms with Crippen LogP contribution in [0.15, 0.2) is 30.3 Å². The molecule has 2 fully saturated rings. The van der Waals surface area contributed by atoms with E-state index < -0.39 is 86.1 Å². The topological polar surface area (TPSA) is 227 Å². The fraction of sp³-hybridized carbons (Fsp3) is 0.519. The number of hydrogen-bond acceptors (Lipinski definition) is 13. The summed E-state index contributed by atoms with van der Waals surface area (Å²) in [7, 11) is 0. The van der Waals surface area contributed by atoms with Gasteiger partial charge in [0.1, 0.15) is 60.3 Å². The summed E-state index contributed by atoms with van der Waals surface area (Å²) < 4.78 is 17.2. The third-order valence-corrected chi connectivity index (χ3v) is 7.83. The highest BCUT2D eigenvalue weighted by Crippen LogP contribution is 2.48. The molecule has 13 nitrogen and oxygen atoms in total. The monoisotopic (exact) mass is 564 g/mol. The summed E-state index contributed by atoms with van der Waals surface area (Å²) in [5, 5.41) is 92.7. The molecule has 0 aromatic heterocycles. The van der Waals surface area contributed by atoms with Gasteiger partial charge < -0.3 is 60.2 Å². The number of carbonyl (C=O) groups excluding carboxylic acids is 1. The molecule has 2 aromatic carbocycles. The van der Waals surface area contributed by atoms with Gasteiger partial charge in [-0.15, -0.1) is 0 Å². The Morgan fingerprint density at radius 1 is 0.775 bits per heavy atom. The molecule has 2 saturated heterocycles. The molecule has 218 valence electrons. The number of aryl methyl sites for hydroxylation is 1. The number of phenols is 1. The maximum Gasteiger partial charge on any atom is 0.229 e. The van der Waals surface area contributed by atoms with Crippen molar-refractivity contribution in [1.29, 1.82) is 0 Å². The largest absolute Gasteiger partial charge is 0.507 e. The molecule has 0 bridgehead atoms. The van der Waals surface area contributed by atoms with Gasteiger partial charge in [0.2, 0.25) is 12.1 Å². The molecule has 0 saturated carbocycles. The van der Waals surface area contributed by atoms with Crippen molar-refractivity contribution in [2.24, 2.45) is 0 Å². The summed E-state index contributed by atoms with van der Waals surface area (Å²) in [5.74, 6) is -2.21. The number of phenolic OH excluding ortho intramolecular Hbond substituents is 1. The highest BCUT2D eigenvalue weighted by Gasteiger charge is 2.51. The van der Waals surface area contributed by atoms with E-state index in [-0.39, 0.29) is 33.8 Å². The van der Waals surface area contributed by atoms with Crippen LogP contribution in [-0.2, 0) is 9.47 Å². The van der Waals surface area contributed by atoms with Crippen LogP contribution in [0.5, 0.6) is 11.5 Å². The number of benzene rings is 2. The lowest BCUT2D eigenvalue weighted by Crippen LogP contribution is -2.60. The highest BCUT2D eigenvalue weighted by molar-refractivity contribution is 6.16. The van der Waals surface area contributed by atoms with E-state index in [2.05, 4.69) is 0 Å². The van der Waals surface area contributed by atoms with Crippen LogP contribution in [0.3, 0.4) is 0 Å². The quantitative estimate of drug-likeness (QED) is 0.182. The lowest BCUT2D eigenvalue weighted by Gasteiger charge is -2.45. The Hall–Kier alpha value is -2.69. The predicted octanol–water partition coefficient (Wildman–Crippen LogP) is -2.60. The third kappa shape index (κ3) is 4.58. The maximum absolute atomic E-state index is 13.9. The van der Waals surface area contributed by atoms with Crippen LogP contribution < -0.4 is 4.74 Å². The molecule has 0 unspecified atom stereocenters. The minimum Gasteiger partial charge on any atom is -0.507 e. The van der Waals surface area contributed by atoms with Crippen molar-refractivity contribution in [3.8, 4) is 11.5 Å². The Labute approximate surface area is 228 Å². The molecule has 13 heteroatoms. The van der Waals surface area contributed by atoms with Crippen molar-refractivity contribution in [3.05, 3.63) is 58.1 Å².